The third-order valence-electron chi connectivity index (χ3n) is 2.27. The maximum absolute atomic E-state index is 12.4. The molecule has 0 unspecified atom stereocenters. The summed E-state index contributed by atoms with van der Waals surface area (Å²) >= 11 is 0. The lowest BCUT2D eigenvalue weighted by Gasteiger charge is -2.26. The van der Waals surface area contributed by atoms with Crippen molar-refractivity contribution in [3.63, 3.8) is 0 Å². The van der Waals surface area contributed by atoms with E-state index in [2.05, 4.69) is 11.8 Å². The highest BCUT2D eigenvalue weighted by Crippen LogP contribution is 2.18. The van der Waals surface area contributed by atoms with E-state index in [9.17, 15) is 22.8 Å². The number of ether oxygens (including phenoxy) is 1. The Kier molecular flexibility index (Phi) is 7.17. The van der Waals surface area contributed by atoms with Crippen molar-refractivity contribution in [3.05, 3.63) is 12.2 Å². The minimum atomic E-state index is -5.10. The predicted octanol–water partition coefficient (Wildman–Crippen LogP) is 2.59. The van der Waals surface area contributed by atoms with E-state index < -0.39 is 35.6 Å². The van der Waals surface area contributed by atoms with Crippen molar-refractivity contribution in [2.45, 2.75) is 52.4 Å². The van der Waals surface area contributed by atoms with Crippen LogP contribution in [0.5, 0.6) is 0 Å². The Hall–Kier alpha value is -1.97. The van der Waals surface area contributed by atoms with Crippen molar-refractivity contribution in [1.29, 1.82) is 0 Å². The van der Waals surface area contributed by atoms with Crippen LogP contribution >= 0.6 is 0 Å². The van der Waals surface area contributed by atoms with Crippen LogP contribution in [-0.4, -0.2) is 29.7 Å². The van der Waals surface area contributed by atoms with Gasteiger partial charge < -0.3 is 10.1 Å². The second-order valence-corrected chi connectivity index (χ2v) is 5.43. The van der Waals surface area contributed by atoms with Gasteiger partial charge in [0.05, 0.1) is 5.92 Å². The molecule has 0 fully saturated rings. The van der Waals surface area contributed by atoms with E-state index in [1.807, 2.05) is 0 Å². The molecule has 4 nitrogen and oxygen atoms in total. The molecule has 0 bridgehead atoms. The van der Waals surface area contributed by atoms with Gasteiger partial charge in [0, 0.05) is 0 Å². The van der Waals surface area contributed by atoms with E-state index in [4.69, 9.17) is 4.74 Å². The van der Waals surface area contributed by atoms with Gasteiger partial charge in [-0.1, -0.05) is 18.1 Å². The fourth-order valence-electron chi connectivity index (χ4n) is 1.50. The van der Waals surface area contributed by atoms with E-state index in [0.29, 0.717) is 0 Å². The molecule has 0 spiro atoms. The van der Waals surface area contributed by atoms with Gasteiger partial charge >= 0.3 is 18.1 Å². The summed E-state index contributed by atoms with van der Waals surface area (Å²) in [6.45, 7) is 7.83. The molecule has 0 saturated heterocycles. The quantitative estimate of drug-likeness (QED) is 0.492. The summed E-state index contributed by atoms with van der Waals surface area (Å²) in [7, 11) is 0. The molecule has 0 aliphatic rings. The highest BCUT2D eigenvalue weighted by molar-refractivity contribution is 5.88. The van der Waals surface area contributed by atoms with Crippen LogP contribution < -0.4 is 5.32 Å². The molecule has 7 heteroatoms. The fraction of sp³-hybridized carbons (Fsp3) is 0.600. The van der Waals surface area contributed by atoms with Crippen LogP contribution in [0.25, 0.3) is 0 Å². The molecule has 1 amide bonds. The van der Waals surface area contributed by atoms with Gasteiger partial charge in [0.25, 0.3) is 0 Å². The predicted molar refractivity (Wildman–Crippen MR) is 75.6 cm³/mol. The van der Waals surface area contributed by atoms with Crippen molar-refractivity contribution in [1.82, 2.24) is 5.32 Å². The third kappa shape index (κ3) is 7.16. The number of hydrogen-bond donors (Lipinski definition) is 1. The first-order chi connectivity index (χ1) is 9.92. The zero-order chi connectivity index (χ0) is 17.6. The minimum Gasteiger partial charge on any atom is -0.458 e. The fourth-order valence-corrected chi connectivity index (χ4v) is 1.50. The molecule has 0 saturated carbocycles. The van der Waals surface area contributed by atoms with E-state index >= 15 is 0 Å². The lowest BCUT2D eigenvalue weighted by Crippen LogP contribution is -2.51. The summed E-state index contributed by atoms with van der Waals surface area (Å²) in [6, 6.07) is -1.54. The van der Waals surface area contributed by atoms with Gasteiger partial charge in [-0.05, 0) is 34.6 Å². The van der Waals surface area contributed by atoms with Crippen LogP contribution in [-0.2, 0) is 14.3 Å². The van der Waals surface area contributed by atoms with Gasteiger partial charge in [-0.3, -0.25) is 4.79 Å². The van der Waals surface area contributed by atoms with Gasteiger partial charge in [-0.2, -0.15) is 13.2 Å². The van der Waals surface area contributed by atoms with Crippen LogP contribution in [0, 0.1) is 17.8 Å². The van der Waals surface area contributed by atoms with Gasteiger partial charge in [-0.25, -0.2) is 4.79 Å². The zero-order valence-corrected chi connectivity index (χ0v) is 13.2. The average Bonchev–Trinajstić information content (AvgIpc) is 2.32. The highest BCUT2D eigenvalue weighted by atomic mass is 19.4. The molecule has 0 heterocycles. The summed E-state index contributed by atoms with van der Waals surface area (Å²) in [6.07, 6.45) is -2.13. The summed E-state index contributed by atoms with van der Waals surface area (Å²) in [4.78, 5) is 23.2. The summed E-state index contributed by atoms with van der Waals surface area (Å²) < 4.78 is 42.3. The monoisotopic (exact) mass is 319 g/mol. The molecule has 124 valence electrons. The molecule has 0 aliphatic heterocycles. The number of alkyl halides is 3. The SMILES string of the molecule is CC#C[C@@H](/C=C/C)[C@H](NC(=O)C(F)(F)F)C(=O)OC(C)(C)C. The average molecular weight is 319 g/mol. The topological polar surface area (TPSA) is 55.4 Å². The molecule has 0 aromatic heterocycles. The lowest BCUT2D eigenvalue weighted by molar-refractivity contribution is -0.177. The summed E-state index contributed by atoms with van der Waals surface area (Å²) in [5, 5.41) is 1.66. The number of halogens is 3. The molecular formula is C15H20F3NO3. The van der Waals surface area contributed by atoms with Crippen molar-refractivity contribution in [2.24, 2.45) is 5.92 Å². The van der Waals surface area contributed by atoms with Crippen LogP contribution in [0.15, 0.2) is 12.2 Å². The number of allylic oxidation sites excluding steroid dienone is 1. The van der Waals surface area contributed by atoms with E-state index in [1.165, 1.54) is 19.1 Å². The van der Waals surface area contributed by atoms with Gasteiger partial charge in [0.1, 0.15) is 11.6 Å². The number of nitrogens with one attached hydrogen (secondary N) is 1. The van der Waals surface area contributed by atoms with Crippen molar-refractivity contribution < 1.29 is 27.5 Å². The smallest absolute Gasteiger partial charge is 0.458 e. The zero-order valence-electron chi connectivity index (χ0n) is 13.2. The van der Waals surface area contributed by atoms with E-state index in [-0.39, 0.29) is 0 Å². The highest BCUT2D eigenvalue weighted by Gasteiger charge is 2.43. The number of amides is 1. The largest absolute Gasteiger partial charge is 0.471 e. The van der Waals surface area contributed by atoms with Crippen LogP contribution in [0.4, 0.5) is 13.2 Å². The number of carbonyl (C=O) groups is 2. The van der Waals surface area contributed by atoms with E-state index in [1.54, 1.807) is 33.0 Å². The first-order valence-electron chi connectivity index (χ1n) is 6.58. The second-order valence-electron chi connectivity index (χ2n) is 5.43. The van der Waals surface area contributed by atoms with Crippen molar-refractivity contribution >= 4 is 11.9 Å². The first kappa shape index (κ1) is 20.0. The number of hydrogen-bond acceptors (Lipinski definition) is 3. The molecule has 22 heavy (non-hydrogen) atoms. The Morgan fingerprint density at radius 2 is 1.77 bits per heavy atom. The summed E-state index contributed by atoms with van der Waals surface area (Å²) in [5.74, 6) is 1.00. The van der Waals surface area contributed by atoms with Crippen LogP contribution in [0.2, 0.25) is 0 Å². The first-order valence-corrected chi connectivity index (χ1v) is 6.58. The Morgan fingerprint density at radius 3 is 2.14 bits per heavy atom. The molecule has 0 aromatic carbocycles. The standard InChI is InChI=1S/C15H20F3NO3/c1-6-8-10(9-7-2)11(12(20)22-14(3,4)5)19-13(21)15(16,17)18/h6,8,10-11H,1-5H3,(H,19,21)/b8-6+/t10-,11+/m1/s1. The second kappa shape index (κ2) is 7.87. The Morgan fingerprint density at radius 1 is 1.23 bits per heavy atom. The molecule has 0 aromatic rings. The normalized spacial score (nSPS) is 14.7. The summed E-state index contributed by atoms with van der Waals surface area (Å²) in [5.41, 5.74) is -0.904. The third-order valence-corrected chi connectivity index (χ3v) is 2.27. The molecule has 0 rings (SSSR count). The Labute approximate surface area is 128 Å². The van der Waals surface area contributed by atoms with E-state index in [0.717, 1.165) is 0 Å². The lowest BCUT2D eigenvalue weighted by atomic mass is 9.99. The van der Waals surface area contributed by atoms with Crippen LogP contribution in [0.1, 0.15) is 34.6 Å². The van der Waals surface area contributed by atoms with Gasteiger partial charge in [-0.15, -0.1) is 5.92 Å². The number of rotatable bonds is 4. The molecular weight excluding hydrogens is 299 g/mol. The molecule has 0 radical (unpaired) electrons. The van der Waals surface area contributed by atoms with Gasteiger partial charge in [0.15, 0.2) is 0 Å². The van der Waals surface area contributed by atoms with Crippen molar-refractivity contribution in [3.8, 4) is 11.8 Å². The Bertz CT molecular complexity index is 493. The van der Waals surface area contributed by atoms with Crippen LogP contribution in [0.3, 0.4) is 0 Å². The number of esters is 1. The minimum absolute atomic E-state index is 0.904. The molecule has 0 aliphatic carbocycles. The van der Waals surface area contributed by atoms with Crippen molar-refractivity contribution in [2.75, 3.05) is 0 Å². The Balaban J connectivity index is 5.50. The molecule has 1 N–H and O–H groups in total. The maximum Gasteiger partial charge on any atom is 0.471 e. The maximum atomic E-state index is 12.4. The van der Waals surface area contributed by atoms with Gasteiger partial charge in [0.2, 0.25) is 0 Å². The number of carbonyl (C=O) groups excluding carboxylic acids is 2. The molecule has 2 atom stereocenters.